The highest BCUT2D eigenvalue weighted by Crippen LogP contribution is 2.29. The molecule has 36 heavy (non-hydrogen) atoms. The molecule has 4 aromatic rings. The number of rotatable bonds is 10. The number of hydrogen-bond donors (Lipinski definition) is 0. The van der Waals surface area contributed by atoms with Crippen LogP contribution in [-0.4, -0.2) is 23.3 Å². The Morgan fingerprint density at radius 1 is 0.917 bits per heavy atom. The van der Waals surface area contributed by atoms with Gasteiger partial charge in [-0.1, -0.05) is 63.3 Å². The summed E-state index contributed by atoms with van der Waals surface area (Å²) < 4.78 is 19.9. The number of benzene rings is 3. The standard InChI is InChI=1S/C31H36N2O3/c1-6-10-23-13-18-28(29(21-23)34-5)35-20-9-19-33-27-12-8-7-11-26(27)32-30(33)22-36-25-16-14-24(15-17-25)31(2,3)4/h6-8,10-18,21H,9,19-20,22H2,1-5H3/b10-6+. The number of ether oxygens (including phenoxy) is 3. The van der Waals surface area contributed by atoms with Crippen LogP contribution in [0.15, 0.2) is 72.8 Å². The summed E-state index contributed by atoms with van der Waals surface area (Å²) >= 11 is 0. The third-order valence-corrected chi connectivity index (χ3v) is 6.15. The van der Waals surface area contributed by atoms with Gasteiger partial charge in [0.25, 0.3) is 0 Å². The molecule has 4 rings (SSSR count). The van der Waals surface area contributed by atoms with Gasteiger partial charge in [0.2, 0.25) is 0 Å². The third-order valence-electron chi connectivity index (χ3n) is 6.15. The van der Waals surface area contributed by atoms with Crippen molar-refractivity contribution in [2.75, 3.05) is 13.7 Å². The molecule has 3 aromatic carbocycles. The maximum Gasteiger partial charge on any atom is 0.161 e. The molecule has 0 aliphatic heterocycles. The second kappa shape index (κ2) is 11.3. The van der Waals surface area contributed by atoms with E-state index in [9.17, 15) is 0 Å². The van der Waals surface area contributed by atoms with Crippen LogP contribution in [0.3, 0.4) is 0 Å². The molecule has 0 spiro atoms. The van der Waals surface area contributed by atoms with Crippen LogP contribution in [0, 0.1) is 0 Å². The van der Waals surface area contributed by atoms with E-state index in [1.165, 1.54) is 5.56 Å². The predicted octanol–water partition coefficient (Wildman–Crippen LogP) is 7.42. The summed E-state index contributed by atoms with van der Waals surface area (Å²) in [6, 6.07) is 22.5. The molecule has 0 amide bonds. The zero-order chi connectivity index (χ0) is 25.5. The zero-order valence-corrected chi connectivity index (χ0v) is 22.0. The molecule has 5 heteroatoms. The molecule has 0 saturated heterocycles. The summed E-state index contributed by atoms with van der Waals surface area (Å²) in [5.74, 6) is 3.25. The molecule has 188 valence electrons. The Labute approximate surface area is 214 Å². The van der Waals surface area contributed by atoms with Crippen LogP contribution in [0.5, 0.6) is 17.2 Å². The van der Waals surface area contributed by atoms with Crippen molar-refractivity contribution >= 4 is 17.1 Å². The van der Waals surface area contributed by atoms with Gasteiger partial charge in [0.05, 0.1) is 24.8 Å². The van der Waals surface area contributed by atoms with E-state index in [4.69, 9.17) is 19.2 Å². The van der Waals surface area contributed by atoms with Crippen molar-refractivity contribution in [1.29, 1.82) is 0 Å². The minimum atomic E-state index is 0.118. The first-order chi connectivity index (χ1) is 17.4. The monoisotopic (exact) mass is 484 g/mol. The number of aryl methyl sites for hydroxylation is 1. The lowest BCUT2D eigenvalue weighted by Gasteiger charge is -2.19. The topological polar surface area (TPSA) is 45.5 Å². The van der Waals surface area contributed by atoms with Crippen molar-refractivity contribution in [3.63, 3.8) is 0 Å². The van der Waals surface area contributed by atoms with E-state index in [2.05, 4.69) is 43.5 Å². The number of aromatic nitrogens is 2. The largest absolute Gasteiger partial charge is 0.493 e. The molecule has 0 aliphatic carbocycles. The van der Waals surface area contributed by atoms with Gasteiger partial charge < -0.3 is 18.8 Å². The van der Waals surface area contributed by atoms with Gasteiger partial charge >= 0.3 is 0 Å². The summed E-state index contributed by atoms with van der Waals surface area (Å²) in [6.07, 6.45) is 4.87. The number of imidazole rings is 1. The molecule has 0 N–H and O–H groups in total. The smallest absolute Gasteiger partial charge is 0.161 e. The van der Waals surface area contributed by atoms with Gasteiger partial charge in [0.1, 0.15) is 18.2 Å². The SMILES string of the molecule is C/C=C/c1ccc(OCCCn2c(COc3ccc(C(C)(C)C)cc3)nc3ccccc32)c(OC)c1. The first-order valence-electron chi connectivity index (χ1n) is 12.5. The molecule has 0 bridgehead atoms. The number of hydrogen-bond acceptors (Lipinski definition) is 4. The zero-order valence-electron chi connectivity index (χ0n) is 22.0. The van der Waals surface area contributed by atoms with Crippen LogP contribution in [0.1, 0.15) is 51.1 Å². The Kier molecular flexibility index (Phi) is 7.99. The van der Waals surface area contributed by atoms with Gasteiger partial charge in [0, 0.05) is 6.54 Å². The number of para-hydroxylation sites is 2. The Hall–Kier alpha value is -3.73. The third kappa shape index (κ3) is 6.09. The highest BCUT2D eigenvalue weighted by molar-refractivity contribution is 5.75. The van der Waals surface area contributed by atoms with E-state index in [-0.39, 0.29) is 5.41 Å². The van der Waals surface area contributed by atoms with Crippen molar-refractivity contribution in [2.24, 2.45) is 0 Å². The van der Waals surface area contributed by atoms with Crippen molar-refractivity contribution in [3.05, 3.63) is 89.8 Å². The molecule has 0 atom stereocenters. The Morgan fingerprint density at radius 3 is 2.42 bits per heavy atom. The minimum Gasteiger partial charge on any atom is -0.493 e. The van der Waals surface area contributed by atoms with Crippen LogP contribution >= 0.6 is 0 Å². The summed E-state index contributed by atoms with van der Waals surface area (Å²) in [6.45, 7) is 10.4. The quantitative estimate of drug-likeness (QED) is 0.220. The van der Waals surface area contributed by atoms with Crippen molar-refractivity contribution in [1.82, 2.24) is 9.55 Å². The normalized spacial score (nSPS) is 11.8. The molecular weight excluding hydrogens is 448 g/mol. The van der Waals surface area contributed by atoms with E-state index >= 15 is 0 Å². The highest BCUT2D eigenvalue weighted by Gasteiger charge is 2.14. The van der Waals surface area contributed by atoms with E-state index in [1.54, 1.807) is 7.11 Å². The lowest BCUT2D eigenvalue weighted by Crippen LogP contribution is -2.11. The van der Waals surface area contributed by atoms with Gasteiger partial charge in [-0.3, -0.25) is 0 Å². The van der Waals surface area contributed by atoms with E-state index in [0.29, 0.717) is 13.2 Å². The second-order valence-corrected chi connectivity index (χ2v) is 9.84. The first-order valence-corrected chi connectivity index (χ1v) is 12.5. The van der Waals surface area contributed by atoms with Crippen molar-refractivity contribution < 1.29 is 14.2 Å². The summed E-state index contributed by atoms with van der Waals surface area (Å²) in [5, 5.41) is 0. The highest BCUT2D eigenvalue weighted by atomic mass is 16.5. The second-order valence-electron chi connectivity index (χ2n) is 9.84. The number of fused-ring (bicyclic) bond motifs is 1. The molecule has 0 aliphatic rings. The van der Waals surface area contributed by atoms with Crippen LogP contribution in [0.2, 0.25) is 0 Å². The van der Waals surface area contributed by atoms with Gasteiger partial charge in [-0.05, 0) is 66.3 Å². The first kappa shape index (κ1) is 25.4. The fraction of sp³-hybridized carbons (Fsp3) is 0.323. The molecular formula is C31H36N2O3. The number of allylic oxidation sites excluding steroid dienone is 1. The van der Waals surface area contributed by atoms with Crippen LogP contribution in [0.4, 0.5) is 0 Å². The summed E-state index contributed by atoms with van der Waals surface area (Å²) in [4.78, 5) is 4.85. The molecule has 1 heterocycles. The maximum absolute atomic E-state index is 6.13. The van der Waals surface area contributed by atoms with Gasteiger partial charge in [0.15, 0.2) is 11.5 Å². The molecule has 0 fully saturated rings. The Balaban J connectivity index is 1.42. The molecule has 0 unspecified atom stereocenters. The van der Waals surface area contributed by atoms with Crippen LogP contribution in [-0.2, 0) is 18.6 Å². The van der Waals surface area contributed by atoms with Crippen LogP contribution in [0.25, 0.3) is 17.1 Å². The van der Waals surface area contributed by atoms with Crippen molar-refractivity contribution in [3.8, 4) is 17.2 Å². The molecule has 5 nitrogen and oxygen atoms in total. The van der Waals surface area contributed by atoms with Gasteiger partial charge in [-0.2, -0.15) is 0 Å². The lowest BCUT2D eigenvalue weighted by molar-refractivity contribution is 0.273. The fourth-order valence-electron chi connectivity index (χ4n) is 4.19. The van der Waals surface area contributed by atoms with E-state index in [0.717, 1.165) is 52.6 Å². The number of methoxy groups -OCH3 is 1. The summed E-state index contributed by atoms with van der Waals surface area (Å²) in [7, 11) is 1.67. The minimum absolute atomic E-state index is 0.118. The maximum atomic E-state index is 6.13. The predicted molar refractivity (Wildman–Crippen MR) is 147 cm³/mol. The van der Waals surface area contributed by atoms with Gasteiger partial charge in [-0.15, -0.1) is 0 Å². The van der Waals surface area contributed by atoms with E-state index < -0.39 is 0 Å². The van der Waals surface area contributed by atoms with E-state index in [1.807, 2.05) is 67.6 Å². The van der Waals surface area contributed by atoms with Gasteiger partial charge in [-0.25, -0.2) is 4.98 Å². The Bertz CT molecular complexity index is 1310. The lowest BCUT2D eigenvalue weighted by atomic mass is 9.87. The summed E-state index contributed by atoms with van der Waals surface area (Å²) in [5.41, 5.74) is 4.57. The molecule has 0 saturated carbocycles. The molecule has 1 aromatic heterocycles. The fourth-order valence-corrected chi connectivity index (χ4v) is 4.19. The van der Waals surface area contributed by atoms with Crippen molar-refractivity contribution in [2.45, 2.75) is 52.7 Å². The average Bonchev–Trinajstić information content (AvgIpc) is 3.23. The Morgan fingerprint density at radius 2 is 1.69 bits per heavy atom. The average molecular weight is 485 g/mol. The molecule has 0 radical (unpaired) electrons. The number of nitrogens with zero attached hydrogens (tertiary/aromatic N) is 2. The van der Waals surface area contributed by atoms with Crippen LogP contribution < -0.4 is 14.2 Å².